The summed E-state index contributed by atoms with van der Waals surface area (Å²) in [7, 11) is 0. The van der Waals surface area contributed by atoms with E-state index >= 15 is 0 Å². The van der Waals surface area contributed by atoms with E-state index in [1.54, 1.807) is 17.9 Å². The van der Waals surface area contributed by atoms with Crippen LogP contribution in [-0.2, 0) is 11.2 Å². The van der Waals surface area contributed by atoms with Crippen LogP contribution in [0.5, 0.6) is 5.75 Å². The third-order valence-corrected chi connectivity index (χ3v) is 3.97. The van der Waals surface area contributed by atoms with Gasteiger partial charge in [-0.3, -0.25) is 9.59 Å². The third-order valence-electron chi connectivity index (χ3n) is 3.97. The first-order valence-corrected chi connectivity index (χ1v) is 7.68. The minimum absolute atomic E-state index is 0.0240. The first-order chi connectivity index (χ1) is 10.1. The average Bonchev–Trinajstić information content (AvgIpc) is 2.49. The smallest absolute Gasteiger partial charge is 0.263 e. The van der Waals surface area contributed by atoms with E-state index in [4.69, 9.17) is 4.74 Å². The molecule has 1 aromatic rings. The van der Waals surface area contributed by atoms with Crippen molar-refractivity contribution in [2.45, 2.75) is 46.1 Å². The molecule has 0 heterocycles. The highest BCUT2D eigenvalue weighted by Gasteiger charge is 2.22. The predicted molar refractivity (Wildman–Crippen MR) is 81.7 cm³/mol. The fourth-order valence-corrected chi connectivity index (χ4v) is 2.73. The molecule has 1 unspecified atom stereocenters. The van der Waals surface area contributed by atoms with E-state index in [1.807, 2.05) is 26.0 Å². The molecule has 0 saturated carbocycles. The third kappa shape index (κ3) is 3.43. The number of ketones is 1. The summed E-state index contributed by atoms with van der Waals surface area (Å²) in [5.41, 5.74) is 1.84. The van der Waals surface area contributed by atoms with Crippen LogP contribution in [0.2, 0.25) is 0 Å². The fourth-order valence-electron chi connectivity index (χ4n) is 2.73. The van der Waals surface area contributed by atoms with Gasteiger partial charge in [-0.25, -0.2) is 0 Å². The second-order valence-corrected chi connectivity index (χ2v) is 5.37. The van der Waals surface area contributed by atoms with Crippen LogP contribution in [0, 0.1) is 0 Å². The molecule has 114 valence electrons. The Balaban J connectivity index is 2.11. The van der Waals surface area contributed by atoms with Crippen molar-refractivity contribution in [1.82, 2.24) is 4.90 Å². The molecule has 0 fully saturated rings. The van der Waals surface area contributed by atoms with Crippen LogP contribution < -0.4 is 4.74 Å². The summed E-state index contributed by atoms with van der Waals surface area (Å²) in [6.07, 6.45) is 1.92. The van der Waals surface area contributed by atoms with Gasteiger partial charge in [-0.15, -0.1) is 0 Å². The lowest BCUT2D eigenvalue weighted by Gasteiger charge is -2.24. The van der Waals surface area contributed by atoms with E-state index in [0.29, 0.717) is 25.3 Å². The van der Waals surface area contributed by atoms with E-state index in [0.717, 1.165) is 24.0 Å². The van der Waals surface area contributed by atoms with Gasteiger partial charge in [0, 0.05) is 25.1 Å². The molecule has 0 radical (unpaired) electrons. The molecule has 1 aliphatic carbocycles. The van der Waals surface area contributed by atoms with Crippen molar-refractivity contribution in [3.8, 4) is 5.75 Å². The zero-order chi connectivity index (χ0) is 15.4. The molecule has 4 heteroatoms. The molecule has 21 heavy (non-hydrogen) atoms. The van der Waals surface area contributed by atoms with Crippen LogP contribution in [0.1, 0.15) is 49.5 Å². The summed E-state index contributed by atoms with van der Waals surface area (Å²) >= 11 is 0. The van der Waals surface area contributed by atoms with Crippen molar-refractivity contribution in [2.75, 3.05) is 13.1 Å². The number of likely N-dealkylation sites (N-methyl/N-ethyl adjacent to an activating group) is 1. The highest BCUT2D eigenvalue weighted by molar-refractivity contribution is 5.98. The minimum Gasteiger partial charge on any atom is -0.481 e. The number of fused-ring (bicyclic) bond motifs is 1. The number of Topliss-reactive ketones (excluding diaryl/α,β-unsaturated/α-hetero) is 1. The monoisotopic (exact) mass is 289 g/mol. The van der Waals surface area contributed by atoms with E-state index in [2.05, 4.69) is 0 Å². The number of hydrogen-bond donors (Lipinski definition) is 0. The molecule has 1 amide bonds. The molecule has 0 aromatic heterocycles. The average molecular weight is 289 g/mol. The largest absolute Gasteiger partial charge is 0.481 e. The molecule has 1 aliphatic rings. The van der Waals surface area contributed by atoms with Gasteiger partial charge < -0.3 is 9.64 Å². The van der Waals surface area contributed by atoms with Gasteiger partial charge in [0.15, 0.2) is 11.9 Å². The maximum atomic E-state index is 12.2. The maximum Gasteiger partial charge on any atom is 0.263 e. The van der Waals surface area contributed by atoms with Gasteiger partial charge in [0.2, 0.25) is 0 Å². The highest BCUT2D eigenvalue weighted by Crippen LogP contribution is 2.26. The first kappa shape index (κ1) is 15.5. The molecule has 0 N–H and O–H groups in total. The van der Waals surface area contributed by atoms with Crippen LogP contribution >= 0.6 is 0 Å². The number of hydrogen-bond acceptors (Lipinski definition) is 3. The normalized spacial score (nSPS) is 15.3. The lowest BCUT2D eigenvalue weighted by molar-refractivity contribution is -0.137. The number of carbonyl (C=O) groups excluding carboxylic acids is 2. The Hall–Kier alpha value is -1.84. The van der Waals surface area contributed by atoms with Gasteiger partial charge in [0.05, 0.1) is 0 Å². The predicted octanol–water partition coefficient (Wildman–Crippen LogP) is 2.84. The topological polar surface area (TPSA) is 46.6 Å². The minimum atomic E-state index is -0.540. The Morgan fingerprint density at radius 1 is 1.29 bits per heavy atom. The highest BCUT2D eigenvalue weighted by atomic mass is 16.5. The Kier molecular flexibility index (Phi) is 4.99. The van der Waals surface area contributed by atoms with E-state index in [9.17, 15) is 9.59 Å². The molecule has 0 bridgehead atoms. The number of ether oxygens (including phenoxy) is 1. The molecule has 0 spiro atoms. The quantitative estimate of drug-likeness (QED) is 0.837. The van der Waals surface area contributed by atoms with Crippen LogP contribution in [0.3, 0.4) is 0 Å². The number of amides is 1. The van der Waals surface area contributed by atoms with Crippen molar-refractivity contribution >= 4 is 11.7 Å². The van der Waals surface area contributed by atoms with Crippen molar-refractivity contribution in [1.29, 1.82) is 0 Å². The maximum absolute atomic E-state index is 12.2. The van der Waals surface area contributed by atoms with Gasteiger partial charge in [-0.1, -0.05) is 6.07 Å². The zero-order valence-electron chi connectivity index (χ0n) is 13.0. The fraction of sp³-hybridized carbons (Fsp3) is 0.529. The SMILES string of the molecule is CCN(CC)C(=O)C(C)Oc1ccc2c(c1)C(=O)CCC2. The van der Waals surface area contributed by atoms with Crippen LogP contribution in [0.15, 0.2) is 18.2 Å². The van der Waals surface area contributed by atoms with Gasteiger partial charge in [-0.2, -0.15) is 0 Å². The van der Waals surface area contributed by atoms with Gasteiger partial charge >= 0.3 is 0 Å². The number of rotatable bonds is 5. The van der Waals surface area contributed by atoms with E-state index in [-0.39, 0.29) is 11.7 Å². The zero-order valence-corrected chi connectivity index (χ0v) is 13.0. The summed E-state index contributed by atoms with van der Waals surface area (Å²) < 4.78 is 5.73. The van der Waals surface area contributed by atoms with E-state index < -0.39 is 6.10 Å². The van der Waals surface area contributed by atoms with Crippen LogP contribution in [-0.4, -0.2) is 35.8 Å². The lowest BCUT2D eigenvalue weighted by Crippen LogP contribution is -2.40. The Labute approximate surface area is 126 Å². The Bertz CT molecular complexity index is 535. The molecule has 2 rings (SSSR count). The number of aryl methyl sites for hydroxylation is 1. The summed E-state index contributed by atoms with van der Waals surface area (Å²) in [4.78, 5) is 25.9. The number of carbonyl (C=O) groups is 2. The van der Waals surface area contributed by atoms with Crippen molar-refractivity contribution in [3.05, 3.63) is 29.3 Å². The number of nitrogens with zero attached hydrogens (tertiary/aromatic N) is 1. The Morgan fingerprint density at radius 3 is 2.67 bits per heavy atom. The van der Waals surface area contributed by atoms with Crippen molar-refractivity contribution in [2.24, 2.45) is 0 Å². The van der Waals surface area contributed by atoms with Crippen molar-refractivity contribution < 1.29 is 14.3 Å². The summed E-state index contributed by atoms with van der Waals surface area (Å²) in [6, 6.07) is 5.57. The van der Waals surface area contributed by atoms with E-state index in [1.165, 1.54) is 0 Å². The first-order valence-electron chi connectivity index (χ1n) is 7.68. The summed E-state index contributed by atoms with van der Waals surface area (Å²) in [6.45, 7) is 7.00. The second kappa shape index (κ2) is 6.74. The van der Waals surface area contributed by atoms with Gasteiger partial charge in [0.25, 0.3) is 5.91 Å². The summed E-state index contributed by atoms with van der Waals surface area (Å²) in [5.74, 6) is 0.741. The molecule has 1 aromatic carbocycles. The van der Waals surface area contributed by atoms with Gasteiger partial charge in [0.1, 0.15) is 5.75 Å². The standard InChI is InChI=1S/C17H23NO3/c1-4-18(5-2)17(20)12(3)21-14-10-9-13-7-6-8-16(19)15(13)11-14/h9-12H,4-8H2,1-3H3. The number of benzene rings is 1. The van der Waals surface area contributed by atoms with Gasteiger partial charge in [-0.05, 0) is 51.3 Å². The van der Waals surface area contributed by atoms with Crippen LogP contribution in [0.4, 0.5) is 0 Å². The molecule has 4 nitrogen and oxygen atoms in total. The molecule has 1 atom stereocenters. The van der Waals surface area contributed by atoms with Crippen molar-refractivity contribution in [3.63, 3.8) is 0 Å². The second-order valence-electron chi connectivity index (χ2n) is 5.37. The lowest BCUT2D eigenvalue weighted by atomic mass is 9.90. The summed E-state index contributed by atoms with van der Waals surface area (Å²) in [5, 5.41) is 0. The Morgan fingerprint density at radius 2 is 2.00 bits per heavy atom. The molecule has 0 aliphatic heterocycles. The molecular weight excluding hydrogens is 266 g/mol. The molecular formula is C17H23NO3. The molecule has 0 saturated heterocycles. The van der Waals surface area contributed by atoms with Crippen LogP contribution in [0.25, 0.3) is 0 Å².